The second-order valence-corrected chi connectivity index (χ2v) is 8.46. The monoisotopic (exact) mass is 449 g/mol. The number of benzene rings is 2. The molecular formula is C24H27N5O4. The van der Waals surface area contributed by atoms with Crippen molar-refractivity contribution in [3.63, 3.8) is 0 Å². The lowest BCUT2D eigenvalue weighted by Gasteiger charge is -2.45. The summed E-state index contributed by atoms with van der Waals surface area (Å²) < 4.78 is 16.9. The molecule has 172 valence electrons. The molecule has 3 aromatic rings. The summed E-state index contributed by atoms with van der Waals surface area (Å²) in [5.74, 6) is 1.97. The van der Waals surface area contributed by atoms with E-state index in [0.717, 1.165) is 42.0 Å². The first-order valence-electron chi connectivity index (χ1n) is 10.9. The summed E-state index contributed by atoms with van der Waals surface area (Å²) in [6, 6.07) is 9.52. The zero-order valence-electron chi connectivity index (χ0n) is 19.2. The molecule has 1 N–H and O–H groups in total. The highest BCUT2D eigenvalue weighted by Crippen LogP contribution is 2.41. The minimum atomic E-state index is -0.459. The maximum absolute atomic E-state index is 12.8. The van der Waals surface area contributed by atoms with Crippen molar-refractivity contribution in [2.45, 2.75) is 19.4 Å². The molecule has 9 nitrogen and oxygen atoms in total. The van der Waals surface area contributed by atoms with E-state index in [4.69, 9.17) is 14.2 Å². The minimum Gasteiger partial charge on any atom is -0.496 e. The number of aromatic nitrogens is 2. The Morgan fingerprint density at radius 1 is 1.12 bits per heavy atom. The van der Waals surface area contributed by atoms with Gasteiger partial charge in [-0.3, -0.25) is 9.80 Å². The highest BCUT2D eigenvalue weighted by atomic mass is 16.6. The first kappa shape index (κ1) is 21.3. The zero-order chi connectivity index (χ0) is 23.2. The fraction of sp³-hybridized carbons (Fsp3) is 0.375. The van der Waals surface area contributed by atoms with Gasteiger partial charge in [0.25, 0.3) is 0 Å². The summed E-state index contributed by atoms with van der Waals surface area (Å²) in [6.45, 7) is 6.99. The summed E-state index contributed by atoms with van der Waals surface area (Å²) in [6.07, 6.45) is 1.14. The summed E-state index contributed by atoms with van der Waals surface area (Å²) in [5, 5.41) is 4.17. The molecule has 1 amide bonds. The van der Waals surface area contributed by atoms with E-state index in [2.05, 4.69) is 27.1 Å². The molecule has 1 aromatic heterocycles. The molecule has 0 atom stereocenters. The number of anilines is 3. The van der Waals surface area contributed by atoms with Crippen LogP contribution in [0.1, 0.15) is 12.5 Å². The van der Waals surface area contributed by atoms with E-state index in [1.165, 1.54) is 6.33 Å². The lowest BCUT2D eigenvalue weighted by Crippen LogP contribution is -2.63. The van der Waals surface area contributed by atoms with Crippen LogP contribution in [-0.4, -0.2) is 67.0 Å². The number of fused-ring (bicyclic) bond motifs is 1. The van der Waals surface area contributed by atoms with E-state index in [1.807, 2.05) is 37.3 Å². The van der Waals surface area contributed by atoms with Crippen LogP contribution < -0.4 is 19.7 Å². The van der Waals surface area contributed by atoms with Crippen molar-refractivity contribution in [1.29, 1.82) is 0 Å². The van der Waals surface area contributed by atoms with E-state index in [0.29, 0.717) is 29.3 Å². The molecule has 33 heavy (non-hydrogen) atoms. The molecule has 3 heterocycles. The second-order valence-electron chi connectivity index (χ2n) is 8.46. The van der Waals surface area contributed by atoms with Gasteiger partial charge in [-0.25, -0.2) is 14.8 Å². The maximum Gasteiger partial charge on any atom is 0.415 e. The number of nitrogens with zero attached hydrogens (tertiary/aromatic N) is 4. The molecular weight excluding hydrogens is 422 g/mol. The van der Waals surface area contributed by atoms with Crippen LogP contribution in [-0.2, 0) is 4.74 Å². The van der Waals surface area contributed by atoms with Gasteiger partial charge in [0.15, 0.2) is 5.60 Å². The van der Waals surface area contributed by atoms with Crippen LogP contribution >= 0.6 is 0 Å². The molecule has 2 aliphatic rings. The molecule has 1 spiro atoms. The Bertz CT molecular complexity index is 1220. The number of carbonyl (C=O) groups is 1. The first-order valence-corrected chi connectivity index (χ1v) is 10.9. The van der Waals surface area contributed by atoms with Crippen LogP contribution in [0.5, 0.6) is 11.5 Å². The molecule has 5 rings (SSSR count). The van der Waals surface area contributed by atoms with E-state index in [-0.39, 0.29) is 6.09 Å². The summed E-state index contributed by atoms with van der Waals surface area (Å²) in [4.78, 5) is 25.6. The number of nitrogens with one attached hydrogen (secondary N) is 1. The van der Waals surface area contributed by atoms with Crippen molar-refractivity contribution in [2.75, 3.05) is 50.6 Å². The predicted molar refractivity (Wildman–Crippen MR) is 126 cm³/mol. The van der Waals surface area contributed by atoms with Gasteiger partial charge in [0.2, 0.25) is 0 Å². The predicted octanol–water partition coefficient (Wildman–Crippen LogP) is 3.73. The maximum atomic E-state index is 12.8. The molecule has 2 saturated heterocycles. The molecule has 2 aromatic carbocycles. The Balaban J connectivity index is 1.54. The number of likely N-dealkylation sites (tertiary alicyclic amines) is 1. The standard InChI is InChI=1S/C24H27N5O4/c1-5-28-11-24(12-28)13-29(23(30)33-24)19-9-16-18(10-21(19)32-4)25-14-26-22(16)27-17-7-6-8-20(31-3)15(17)2/h6-10,14H,5,11-13H2,1-4H3,(H,25,26,27). The van der Waals surface area contributed by atoms with Gasteiger partial charge in [-0.2, -0.15) is 0 Å². The molecule has 0 unspecified atom stereocenters. The summed E-state index contributed by atoms with van der Waals surface area (Å²) in [5.41, 5.74) is 2.73. The second kappa shape index (κ2) is 8.08. The molecule has 0 saturated carbocycles. The van der Waals surface area contributed by atoms with Crippen LogP contribution in [0.2, 0.25) is 0 Å². The minimum absolute atomic E-state index is 0.363. The lowest BCUT2D eigenvalue weighted by atomic mass is 9.94. The molecule has 2 aliphatic heterocycles. The topological polar surface area (TPSA) is 89.0 Å². The Morgan fingerprint density at radius 3 is 2.64 bits per heavy atom. The smallest absolute Gasteiger partial charge is 0.415 e. The van der Waals surface area contributed by atoms with Gasteiger partial charge in [0.05, 0.1) is 32.0 Å². The number of carbonyl (C=O) groups excluding carboxylic acids is 1. The molecule has 2 fully saturated rings. The third-order valence-electron chi connectivity index (χ3n) is 6.43. The highest BCUT2D eigenvalue weighted by molar-refractivity contribution is 6.00. The lowest BCUT2D eigenvalue weighted by molar-refractivity contribution is -0.0699. The Hall–Kier alpha value is -3.59. The van der Waals surface area contributed by atoms with Crippen molar-refractivity contribution in [2.24, 2.45) is 0 Å². The van der Waals surface area contributed by atoms with E-state index >= 15 is 0 Å². The SMILES string of the molecule is CCN1CC2(C1)CN(c1cc3c(Nc4cccc(OC)c4C)ncnc3cc1OC)C(=O)O2. The van der Waals surface area contributed by atoms with Gasteiger partial charge in [0.1, 0.15) is 23.6 Å². The van der Waals surface area contributed by atoms with Gasteiger partial charge in [-0.15, -0.1) is 0 Å². The summed E-state index contributed by atoms with van der Waals surface area (Å²) in [7, 11) is 3.23. The number of hydrogen-bond acceptors (Lipinski definition) is 8. The fourth-order valence-electron chi connectivity index (χ4n) is 4.61. The van der Waals surface area contributed by atoms with Crippen molar-refractivity contribution in [3.8, 4) is 11.5 Å². The highest BCUT2D eigenvalue weighted by Gasteiger charge is 2.53. The van der Waals surface area contributed by atoms with Gasteiger partial charge in [-0.1, -0.05) is 13.0 Å². The van der Waals surface area contributed by atoms with Crippen LogP contribution in [0.25, 0.3) is 10.9 Å². The quantitative estimate of drug-likeness (QED) is 0.609. The van der Waals surface area contributed by atoms with Crippen molar-refractivity contribution >= 4 is 34.2 Å². The number of hydrogen-bond donors (Lipinski definition) is 1. The normalized spacial score (nSPS) is 17.2. The molecule has 9 heteroatoms. The van der Waals surface area contributed by atoms with Crippen LogP contribution in [0, 0.1) is 6.92 Å². The Labute approximate surface area is 192 Å². The zero-order valence-corrected chi connectivity index (χ0v) is 19.2. The number of ether oxygens (including phenoxy) is 3. The van der Waals surface area contributed by atoms with Crippen LogP contribution in [0.15, 0.2) is 36.7 Å². The molecule has 0 aliphatic carbocycles. The van der Waals surface area contributed by atoms with E-state index in [1.54, 1.807) is 19.1 Å². The van der Waals surface area contributed by atoms with Crippen LogP contribution in [0.4, 0.5) is 22.0 Å². The van der Waals surface area contributed by atoms with E-state index in [9.17, 15) is 4.79 Å². The van der Waals surface area contributed by atoms with Gasteiger partial charge < -0.3 is 19.5 Å². The average molecular weight is 450 g/mol. The third-order valence-corrected chi connectivity index (χ3v) is 6.43. The average Bonchev–Trinajstić information content (AvgIpc) is 3.16. The van der Waals surface area contributed by atoms with E-state index < -0.39 is 5.60 Å². The van der Waals surface area contributed by atoms with Gasteiger partial charge in [0, 0.05) is 35.8 Å². The Kier molecular flexibility index (Phi) is 5.20. The summed E-state index contributed by atoms with van der Waals surface area (Å²) >= 11 is 0. The van der Waals surface area contributed by atoms with Crippen molar-refractivity contribution < 1.29 is 19.0 Å². The third kappa shape index (κ3) is 3.58. The first-order chi connectivity index (χ1) is 16.0. The largest absolute Gasteiger partial charge is 0.496 e. The fourth-order valence-corrected chi connectivity index (χ4v) is 4.61. The molecule has 0 bridgehead atoms. The Morgan fingerprint density at radius 2 is 1.91 bits per heavy atom. The van der Waals surface area contributed by atoms with Crippen molar-refractivity contribution in [3.05, 3.63) is 42.2 Å². The number of rotatable bonds is 6. The van der Waals surface area contributed by atoms with Gasteiger partial charge in [-0.05, 0) is 31.7 Å². The van der Waals surface area contributed by atoms with Crippen LogP contribution in [0.3, 0.4) is 0 Å². The number of likely N-dealkylation sites (N-methyl/N-ethyl adjacent to an activating group) is 1. The molecule has 0 radical (unpaired) electrons. The van der Waals surface area contributed by atoms with Crippen molar-refractivity contribution in [1.82, 2.24) is 14.9 Å². The van der Waals surface area contributed by atoms with Gasteiger partial charge >= 0.3 is 6.09 Å². The number of methoxy groups -OCH3 is 2. The number of amides is 1.